The lowest BCUT2D eigenvalue weighted by molar-refractivity contribution is 0.630. The van der Waals surface area contributed by atoms with Gasteiger partial charge < -0.3 is 10.3 Å². The van der Waals surface area contributed by atoms with Gasteiger partial charge in [0.2, 0.25) is 0 Å². The summed E-state index contributed by atoms with van der Waals surface area (Å²) in [4.78, 5) is 11.9. The van der Waals surface area contributed by atoms with Crippen molar-refractivity contribution in [3.05, 3.63) is 76.6 Å². The summed E-state index contributed by atoms with van der Waals surface area (Å²) in [6.07, 6.45) is 1.73. The first-order valence-corrected chi connectivity index (χ1v) is 9.61. The number of halogens is 1. The molecule has 136 valence electrons. The second kappa shape index (κ2) is 7.32. The van der Waals surface area contributed by atoms with Crippen LogP contribution in [0.1, 0.15) is 24.2 Å². The van der Waals surface area contributed by atoms with Gasteiger partial charge in [-0.2, -0.15) is 0 Å². The zero-order valence-corrected chi connectivity index (χ0v) is 15.8. The van der Waals surface area contributed by atoms with Crippen LogP contribution < -0.4 is 5.32 Å². The van der Waals surface area contributed by atoms with Gasteiger partial charge in [0.05, 0.1) is 34.7 Å². The molecule has 4 aromatic rings. The molecular formula is C21H19FN4S. The van der Waals surface area contributed by atoms with Gasteiger partial charge in [0, 0.05) is 11.1 Å². The quantitative estimate of drug-likeness (QED) is 0.460. The number of H-pyrrole nitrogens is 1. The predicted molar refractivity (Wildman–Crippen MR) is 108 cm³/mol. The summed E-state index contributed by atoms with van der Waals surface area (Å²) in [7, 11) is 0. The average molecular weight is 378 g/mol. The summed E-state index contributed by atoms with van der Waals surface area (Å²) in [5.41, 5.74) is 7.21. The van der Waals surface area contributed by atoms with E-state index in [0.717, 1.165) is 28.2 Å². The molecule has 4 rings (SSSR count). The predicted octanol–water partition coefficient (Wildman–Crippen LogP) is 5.82. The molecule has 0 aliphatic heterocycles. The van der Waals surface area contributed by atoms with Crippen LogP contribution >= 0.6 is 11.3 Å². The highest BCUT2D eigenvalue weighted by molar-refractivity contribution is 7.07. The van der Waals surface area contributed by atoms with Crippen molar-refractivity contribution < 1.29 is 4.39 Å². The van der Waals surface area contributed by atoms with Crippen LogP contribution in [-0.4, -0.2) is 15.0 Å². The van der Waals surface area contributed by atoms with Gasteiger partial charge >= 0.3 is 0 Å². The van der Waals surface area contributed by atoms with Crippen LogP contribution in [-0.2, 0) is 0 Å². The van der Waals surface area contributed by atoms with E-state index in [-0.39, 0.29) is 11.9 Å². The van der Waals surface area contributed by atoms with E-state index in [1.165, 1.54) is 6.07 Å². The largest absolute Gasteiger partial charge is 0.377 e. The highest BCUT2D eigenvalue weighted by atomic mass is 32.1. The molecule has 0 bridgehead atoms. The normalized spacial score (nSPS) is 12.1. The number of aryl methyl sites for hydroxylation is 1. The molecule has 0 aliphatic rings. The molecule has 0 radical (unpaired) electrons. The van der Waals surface area contributed by atoms with Crippen molar-refractivity contribution in [2.45, 2.75) is 19.9 Å². The second-order valence-corrected chi connectivity index (χ2v) is 7.20. The van der Waals surface area contributed by atoms with Crippen LogP contribution in [0, 0.1) is 12.7 Å². The Morgan fingerprint density at radius 1 is 1.11 bits per heavy atom. The molecule has 0 aliphatic carbocycles. The zero-order valence-electron chi connectivity index (χ0n) is 15.0. The first kappa shape index (κ1) is 17.4. The van der Waals surface area contributed by atoms with E-state index in [4.69, 9.17) is 0 Å². The average Bonchev–Trinajstić information content (AvgIpc) is 3.36. The summed E-state index contributed by atoms with van der Waals surface area (Å²) in [5, 5.41) is 5.48. The Morgan fingerprint density at radius 3 is 2.67 bits per heavy atom. The summed E-state index contributed by atoms with van der Waals surface area (Å²) >= 11 is 1.59. The molecule has 0 saturated heterocycles. The van der Waals surface area contributed by atoms with E-state index >= 15 is 0 Å². The van der Waals surface area contributed by atoms with Crippen molar-refractivity contribution in [3.63, 3.8) is 0 Å². The molecule has 4 nitrogen and oxygen atoms in total. The molecule has 0 saturated carbocycles. The number of rotatable bonds is 5. The Morgan fingerprint density at radius 2 is 1.93 bits per heavy atom. The Hall–Kier alpha value is -2.99. The van der Waals surface area contributed by atoms with E-state index in [9.17, 15) is 4.39 Å². The summed E-state index contributed by atoms with van der Waals surface area (Å²) < 4.78 is 14.1. The number of aromatic nitrogens is 3. The first-order valence-electron chi connectivity index (χ1n) is 8.67. The maximum Gasteiger partial charge on any atom is 0.140 e. The van der Waals surface area contributed by atoms with Gasteiger partial charge in [-0.1, -0.05) is 23.8 Å². The van der Waals surface area contributed by atoms with Crippen LogP contribution in [0.2, 0.25) is 0 Å². The smallest absolute Gasteiger partial charge is 0.140 e. The summed E-state index contributed by atoms with van der Waals surface area (Å²) in [6, 6.07) is 13.2. The lowest BCUT2D eigenvalue weighted by Gasteiger charge is -2.13. The third-order valence-electron chi connectivity index (χ3n) is 4.43. The molecule has 1 unspecified atom stereocenters. The Bertz CT molecular complexity index is 1040. The molecule has 2 heterocycles. The third kappa shape index (κ3) is 3.75. The number of benzene rings is 2. The minimum Gasteiger partial charge on any atom is -0.377 e. The Labute approximate surface area is 161 Å². The number of nitrogens with one attached hydrogen (secondary N) is 2. The fourth-order valence-corrected chi connectivity index (χ4v) is 3.58. The number of hydrogen-bond acceptors (Lipinski definition) is 4. The minimum absolute atomic E-state index is 0.144. The lowest BCUT2D eigenvalue weighted by atomic mass is 10.1. The highest BCUT2D eigenvalue weighted by Crippen LogP contribution is 2.26. The molecule has 27 heavy (non-hydrogen) atoms. The Balaban J connectivity index is 1.53. The van der Waals surface area contributed by atoms with Crippen LogP contribution in [0.4, 0.5) is 10.1 Å². The van der Waals surface area contributed by atoms with Gasteiger partial charge in [0.1, 0.15) is 11.6 Å². The van der Waals surface area contributed by atoms with E-state index < -0.39 is 0 Å². The molecule has 2 aromatic heterocycles. The van der Waals surface area contributed by atoms with Crippen molar-refractivity contribution in [1.82, 2.24) is 15.0 Å². The number of anilines is 1. The standard InChI is InChI=1S/C21H19FN4S/c1-13-3-8-18(22)17(9-13)21-23-10-19(26-21)15-4-6-16(7-5-15)25-14(2)20-11-27-12-24-20/h3-12,14,25H,1-2H3,(H,23,26). The topological polar surface area (TPSA) is 53.6 Å². The van der Waals surface area contributed by atoms with Crippen molar-refractivity contribution in [2.24, 2.45) is 0 Å². The molecule has 1 atom stereocenters. The number of imidazole rings is 1. The maximum absolute atomic E-state index is 14.1. The number of aromatic amines is 1. The molecule has 2 aromatic carbocycles. The van der Waals surface area contributed by atoms with Gasteiger partial charge in [-0.05, 0) is 43.7 Å². The highest BCUT2D eigenvalue weighted by Gasteiger charge is 2.11. The molecule has 0 amide bonds. The molecule has 6 heteroatoms. The van der Waals surface area contributed by atoms with Gasteiger partial charge in [0.25, 0.3) is 0 Å². The van der Waals surface area contributed by atoms with E-state index in [1.807, 2.05) is 42.1 Å². The Kier molecular flexibility index (Phi) is 4.73. The number of hydrogen-bond donors (Lipinski definition) is 2. The third-order valence-corrected chi connectivity index (χ3v) is 5.03. The summed E-state index contributed by atoms with van der Waals surface area (Å²) in [5.74, 6) is 0.252. The van der Waals surface area contributed by atoms with Gasteiger partial charge in [-0.25, -0.2) is 14.4 Å². The van der Waals surface area contributed by atoms with Crippen molar-refractivity contribution in [2.75, 3.05) is 5.32 Å². The molecule has 0 spiro atoms. The second-order valence-electron chi connectivity index (χ2n) is 6.49. The van der Waals surface area contributed by atoms with Crippen LogP contribution in [0.25, 0.3) is 22.6 Å². The number of thiazole rings is 1. The maximum atomic E-state index is 14.1. The van der Waals surface area contributed by atoms with E-state index in [0.29, 0.717) is 11.4 Å². The van der Waals surface area contributed by atoms with E-state index in [1.54, 1.807) is 29.7 Å². The SMILES string of the molecule is Cc1ccc(F)c(-c2ncc(-c3ccc(NC(C)c4cscn4)cc3)[nH]2)c1. The lowest BCUT2D eigenvalue weighted by Crippen LogP contribution is -2.06. The van der Waals surface area contributed by atoms with Gasteiger partial charge in [0.15, 0.2) is 0 Å². The monoisotopic (exact) mass is 378 g/mol. The van der Waals surface area contributed by atoms with E-state index in [2.05, 4.69) is 27.2 Å². The van der Waals surface area contributed by atoms with Crippen molar-refractivity contribution >= 4 is 17.0 Å². The molecular weight excluding hydrogens is 359 g/mol. The van der Waals surface area contributed by atoms with Gasteiger partial charge in [-0.3, -0.25) is 0 Å². The van der Waals surface area contributed by atoms with Crippen LogP contribution in [0.15, 0.2) is 59.6 Å². The fourth-order valence-electron chi connectivity index (χ4n) is 2.93. The van der Waals surface area contributed by atoms with Crippen LogP contribution in [0.5, 0.6) is 0 Å². The fraction of sp³-hybridized carbons (Fsp3) is 0.143. The molecule has 2 N–H and O–H groups in total. The van der Waals surface area contributed by atoms with Crippen LogP contribution in [0.3, 0.4) is 0 Å². The minimum atomic E-state index is -0.280. The zero-order chi connectivity index (χ0) is 18.8. The van der Waals surface area contributed by atoms with Crippen molar-refractivity contribution in [3.8, 4) is 22.6 Å². The molecule has 0 fully saturated rings. The number of nitrogens with zero attached hydrogens (tertiary/aromatic N) is 2. The van der Waals surface area contributed by atoms with Crippen molar-refractivity contribution in [1.29, 1.82) is 0 Å². The summed E-state index contributed by atoms with van der Waals surface area (Å²) in [6.45, 7) is 4.02. The van der Waals surface area contributed by atoms with Gasteiger partial charge in [-0.15, -0.1) is 11.3 Å². The first-order chi connectivity index (χ1) is 13.1.